The summed E-state index contributed by atoms with van der Waals surface area (Å²) < 4.78 is 15.0. The van der Waals surface area contributed by atoms with E-state index in [0.29, 0.717) is 55.1 Å². The number of para-hydroxylation sites is 1. The van der Waals surface area contributed by atoms with Gasteiger partial charge in [-0.2, -0.15) is 0 Å². The number of rotatable bonds is 7. The first kappa shape index (κ1) is 34.8. The van der Waals surface area contributed by atoms with Gasteiger partial charge in [-0.3, -0.25) is 14.2 Å². The molecule has 0 aliphatic heterocycles. The van der Waals surface area contributed by atoms with Crippen LogP contribution in [0, 0.1) is 6.92 Å². The summed E-state index contributed by atoms with van der Waals surface area (Å²) in [6, 6.07) is 24.0. The van der Waals surface area contributed by atoms with Gasteiger partial charge in [0, 0.05) is 35.8 Å². The molecule has 266 valence electrons. The molecule has 4 aromatic carbocycles. The Balaban J connectivity index is 1.20. The highest BCUT2D eigenvalue weighted by Crippen LogP contribution is 2.35. The molecule has 0 fully saturated rings. The number of fused-ring (bicyclic) bond motifs is 3. The topological polar surface area (TPSA) is 129 Å². The van der Waals surface area contributed by atoms with Gasteiger partial charge in [0.2, 0.25) is 6.10 Å². The second-order valence-electron chi connectivity index (χ2n) is 13.9. The summed E-state index contributed by atoms with van der Waals surface area (Å²) in [6.07, 6.45) is 2.76. The largest absolute Gasteiger partial charge is 0.476 e. The molecule has 2 unspecified atom stereocenters. The molecule has 0 bridgehead atoms. The molecular formula is C40H39ClN6O5. The molecule has 12 heteroatoms. The lowest BCUT2D eigenvalue weighted by Crippen LogP contribution is -2.31. The number of nitrogens with zero attached hydrogens (tertiary/aromatic N) is 4. The number of benzene rings is 4. The highest BCUT2D eigenvalue weighted by atomic mass is 35.5. The fourth-order valence-corrected chi connectivity index (χ4v) is 7.01. The number of aryl methyl sites for hydroxylation is 2. The van der Waals surface area contributed by atoms with Crippen LogP contribution in [-0.4, -0.2) is 50.1 Å². The zero-order chi connectivity index (χ0) is 36.7. The summed E-state index contributed by atoms with van der Waals surface area (Å²) in [5.41, 5.74) is 5.62. The van der Waals surface area contributed by atoms with Crippen molar-refractivity contribution in [2.75, 3.05) is 7.05 Å². The number of carbonyl (C=O) groups is 3. The summed E-state index contributed by atoms with van der Waals surface area (Å²) >= 11 is 6.73. The van der Waals surface area contributed by atoms with Crippen molar-refractivity contribution in [2.45, 2.75) is 64.7 Å². The Bertz CT molecular complexity index is 2360. The van der Waals surface area contributed by atoms with E-state index in [1.54, 1.807) is 68.0 Å². The zero-order valence-corrected chi connectivity index (χ0v) is 30.3. The predicted molar refractivity (Wildman–Crippen MR) is 199 cm³/mol. The molecule has 1 aliphatic carbocycles. The number of hydrogen-bond donors (Lipinski definition) is 2. The maximum Gasteiger partial charge on any atom is 0.419 e. The number of halogens is 1. The van der Waals surface area contributed by atoms with Crippen molar-refractivity contribution in [2.24, 2.45) is 0 Å². The fraction of sp³-hybridized carbons (Fsp3) is 0.275. The highest BCUT2D eigenvalue weighted by Gasteiger charge is 2.30. The summed E-state index contributed by atoms with van der Waals surface area (Å²) in [5, 5.41) is 15.8. The van der Waals surface area contributed by atoms with E-state index in [1.165, 1.54) is 17.2 Å². The van der Waals surface area contributed by atoms with Crippen LogP contribution in [0.4, 0.5) is 4.79 Å². The molecule has 0 saturated heterocycles. The molecule has 11 nitrogen and oxygen atoms in total. The maximum atomic E-state index is 13.6. The molecule has 2 N–H and O–H groups in total. The smallest absolute Gasteiger partial charge is 0.419 e. The number of ether oxygens (including phenoxy) is 2. The second kappa shape index (κ2) is 13.8. The molecule has 6 aromatic rings. The van der Waals surface area contributed by atoms with E-state index in [-0.39, 0.29) is 11.9 Å². The monoisotopic (exact) mass is 718 g/mol. The molecule has 2 heterocycles. The minimum Gasteiger partial charge on any atom is -0.476 e. The first-order valence-corrected chi connectivity index (χ1v) is 17.6. The van der Waals surface area contributed by atoms with Crippen molar-refractivity contribution in [1.29, 1.82) is 0 Å². The molecule has 0 radical (unpaired) electrons. The van der Waals surface area contributed by atoms with Crippen LogP contribution in [0.5, 0.6) is 5.75 Å². The van der Waals surface area contributed by atoms with Gasteiger partial charge in [-0.1, -0.05) is 59.3 Å². The van der Waals surface area contributed by atoms with E-state index >= 15 is 0 Å². The van der Waals surface area contributed by atoms with Gasteiger partial charge in [0.1, 0.15) is 16.9 Å². The third-order valence-electron chi connectivity index (χ3n) is 9.29. The van der Waals surface area contributed by atoms with Crippen LogP contribution in [0.15, 0.2) is 85.1 Å². The summed E-state index contributed by atoms with van der Waals surface area (Å²) in [4.78, 5) is 40.2. The first-order valence-electron chi connectivity index (χ1n) is 17.2. The lowest BCUT2D eigenvalue weighted by atomic mass is 9.87. The number of carbonyl (C=O) groups excluding carboxylic acids is 3. The van der Waals surface area contributed by atoms with E-state index in [9.17, 15) is 14.4 Å². The third kappa shape index (κ3) is 6.59. The molecule has 0 spiro atoms. The van der Waals surface area contributed by atoms with Crippen molar-refractivity contribution in [3.05, 3.63) is 118 Å². The maximum absolute atomic E-state index is 13.6. The van der Waals surface area contributed by atoms with Gasteiger partial charge in [0.25, 0.3) is 11.8 Å². The molecule has 1 aliphatic rings. The Hall–Kier alpha value is -5.68. The van der Waals surface area contributed by atoms with Gasteiger partial charge < -0.3 is 20.1 Å². The third-order valence-corrected chi connectivity index (χ3v) is 9.61. The number of hydrogen-bond acceptors (Lipinski definition) is 7. The highest BCUT2D eigenvalue weighted by molar-refractivity contribution is 6.32. The number of likely N-dealkylation sites (N-methyl/N-ethyl adjacent to an activating group) is 1. The van der Waals surface area contributed by atoms with Crippen molar-refractivity contribution in [3.63, 3.8) is 0 Å². The van der Waals surface area contributed by atoms with Crippen molar-refractivity contribution < 1.29 is 23.9 Å². The SMILES string of the molecule is CNC(=O)C(Oc1ccc(Cl)c(-n2nnc3c(C)c(C(=O)NC4CCCc5ccccc54)ccc32)c1)c1cn(C(=O)OC(C)(C)C)c2ccccc12. The van der Waals surface area contributed by atoms with E-state index in [4.69, 9.17) is 21.1 Å². The number of aromatic nitrogens is 4. The summed E-state index contributed by atoms with van der Waals surface area (Å²) in [5.74, 6) is -0.267. The Labute approximate surface area is 305 Å². The molecule has 2 amide bonds. The van der Waals surface area contributed by atoms with Gasteiger partial charge >= 0.3 is 6.09 Å². The molecule has 7 rings (SSSR count). The van der Waals surface area contributed by atoms with Gasteiger partial charge in [-0.15, -0.1) is 5.10 Å². The van der Waals surface area contributed by atoms with E-state index in [0.717, 1.165) is 24.8 Å². The quantitative estimate of drug-likeness (QED) is 0.172. The Morgan fingerprint density at radius 3 is 2.54 bits per heavy atom. The van der Waals surface area contributed by atoms with Crippen LogP contribution in [0.2, 0.25) is 5.02 Å². The molecule has 2 aromatic heterocycles. The average molecular weight is 719 g/mol. The van der Waals surface area contributed by atoms with Gasteiger partial charge in [0.05, 0.1) is 27.8 Å². The second-order valence-corrected chi connectivity index (χ2v) is 14.3. The van der Waals surface area contributed by atoms with Crippen LogP contribution in [0.1, 0.15) is 78.4 Å². The Morgan fingerprint density at radius 2 is 1.75 bits per heavy atom. The summed E-state index contributed by atoms with van der Waals surface area (Å²) in [6.45, 7) is 7.23. The standard InChI is InChI=1S/C40H39ClN6O5/c1-23-26(37(48)43-31-15-10-12-24-11-6-7-13-27(24)31)18-20-33-35(23)44-45-47(33)34-21-25(17-19-30(34)41)51-36(38(49)42-5)29-22-46(39(50)52-40(2,3)4)32-16-9-8-14-28(29)32/h6-9,11,13-14,16-22,31,36H,10,12,15H2,1-5H3,(H,42,49)(H,43,48). The van der Waals surface area contributed by atoms with Crippen molar-refractivity contribution >= 4 is 51.4 Å². The van der Waals surface area contributed by atoms with Gasteiger partial charge in [0.15, 0.2) is 0 Å². The van der Waals surface area contributed by atoms with Crippen molar-refractivity contribution in [1.82, 2.24) is 30.2 Å². The van der Waals surface area contributed by atoms with Crippen LogP contribution >= 0.6 is 11.6 Å². The Morgan fingerprint density at radius 1 is 0.981 bits per heavy atom. The first-order chi connectivity index (χ1) is 24.9. The molecule has 52 heavy (non-hydrogen) atoms. The van der Waals surface area contributed by atoms with Crippen LogP contribution in [-0.2, 0) is 16.0 Å². The van der Waals surface area contributed by atoms with Crippen LogP contribution in [0.3, 0.4) is 0 Å². The molecular weight excluding hydrogens is 680 g/mol. The Kier molecular flexibility index (Phi) is 9.22. The van der Waals surface area contributed by atoms with Crippen LogP contribution < -0.4 is 15.4 Å². The van der Waals surface area contributed by atoms with E-state index in [1.807, 2.05) is 37.3 Å². The minimum absolute atomic E-state index is 0.0581. The van der Waals surface area contributed by atoms with E-state index in [2.05, 4.69) is 33.1 Å². The molecule has 2 atom stereocenters. The van der Waals surface area contributed by atoms with Crippen molar-refractivity contribution in [3.8, 4) is 11.4 Å². The predicted octanol–water partition coefficient (Wildman–Crippen LogP) is 7.79. The lowest BCUT2D eigenvalue weighted by molar-refractivity contribution is -0.127. The summed E-state index contributed by atoms with van der Waals surface area (Å²) in [7, 11) is 1.52. The van der Waals surface area contributed by atoms with Crippen LogP contribution in [0.25, 0.3) is 27.6 Å². The normalized spacial score (nSPS) is 14.8. The molecule has 0 saturated carbocycles. The lowest BCUT2D eigenvalue weighted by Gasteiger charge is -2.26. The van der Waals surface area contributed by atoms with Gasteiger partial charge in [-0.25, -0.2) is 9.48 Å². The zero-order valence-electron chi connectivity index (χ0n) is 29.6. The fourth-order valence-electron chi connectivity index (χ4n) is 6.82. The number of nitrogens with one attached hydrogen (secondary N) is 2. The minimum atomic E-state index is -1.14. The van der Waals surface area contributed by atoms with E-state index < -0.39 is 23.7 Å². The average Bonchev–Trinajstić information content (AvgIpc) is 3.73. The van der Waals surface area contributed by atoms with Gasteiger partial charge in [-0.05, 0) is 94.0 Å². The number of amides is 2.